The Labute approximate surface area is 140 Å². The van der Waals surface area contributed by atoms with Gasteiger partial charge in [-0.05, 0) is 10.9 Å². The van der Waals surface area contributed by atoms with E-state index in [2.05, 4.69) is 27.5 Å². The quantitative estimate of drug-likeness (QED) is 0.455. The van der Waals surface area contributed by atoms with Crippen LogP contribution in [-0.4, -0.2) is 66.3 Å². The number of aliphatic hydroxyl groups excluding tert-OH is 2. The molecule has 1 fully saturated rings. The first kappa shape index (κ1) is 17.4. The highest BCUT2D eigenvalue weighted by Gasteiger charge is 2.46. The minimum atomic E-state index is -1.04. The summed E-state index contributed by atoms with van der Waals surface area (Å²) in [6, 6.07) is 0. The van der Waals surface area contributed by atoms with Crippen LogP contribution in [0.15, 0.2) is 12.7 Å². The van der Waals surface area contributed by atoms with Crippen molar-refractivity contribution < 1.29 is 31.9 Å². The first-order valence-electron chi connectivity index (χ1n) is 6.48. The van der Waals surface area contributed by atoms with Gasteiger partial charge in [0.05, 0.1) is 18.8 Å². The second-order valence-electron chi connectivity index (χ2n) is 5.28. The molecule has 0 aliphatic carbocycles. The molecule has 1 saturated heterocycles. The van der Waals surface area contributed by atoms with E-state index in [1.807, 2.05) is 0 Å². The number of nitrogens with zero attached hydrogens (tertiary/aromatic N) is 4. The summed E-state index contributed by atoms with van der Waals surface area (Å²) in [7, 11) is 0.0998. The lowest BCUT2D eigenvalue weighted by atomic mass is 10.1. The molecule has 0 radical (unpaired) electrons. The molecule has 0 bridgehead atoms. The van der Waals surface area contributed by atoms with Gasteiger partial charge in [-0.25, -0.2) is 15.0 Å². The molecule has 0 spiro atoms. The molecule has 0 amide bonds. The second-order valence-corrected chi connectivity index (χ2v) is 7.59. The van der Waals surface area contributed by atoms with Crippen molar-refractivity contribution in [3.63, 3.8) is 0 Å². The highest BCUT2D eigenvalue weighted by molar-refractivity contribution is 7.95. The number of nitrogens with two attached hydrogens (primary N) is 1. The van der Waals surface area contributed by atoms with Gasteiger partial charge in [0.1, 0.15) is 35.9 Å². The van der Waals surface area contributed by atoms with Crippen molar-refractivity contribution in [1.29, 1.82) is 0 Å². The Morgan fingerprint density at radius 1 is 1.27 bits per heavy atom. The topological polar surface area (TPSA) is 119 Å². The third kappa shape index (κ3) is 2.93. The third-order valence-electron chi connectivity index (χ3n) is 3.50. The molecule has 1 aliphatic heterocycles. The first-order chi connectivity index (χ1) is 9.99. The highest BCUT2D eigenvalue weighted by atomic mass is 79.9. The van der Waals surface area contributed by atoms with E-state index in [9.17, 15) is 10.2 Å². The van der Waals surface area contributed by atoms with Crippen molar-refractivity contribution in [1.82, 2.24) is 19.5 Å². The Hall–Kier alpha value is -0.940. The van der Waals surface area contributed by atoms with E-state index in [1.54, 1.807) is 4.57 Å². The number of ether oxygens (including phenoxy) is 1. The lowest BCUT2D eigenvalue weighted by molar-refractivity contribution is -0.0289. The van der Waals surface area contributed by atoms with Crippen LogP contribution in [0, 0.1) is 0 Å². The van der Waals surface area contributed by atoms with Gasteiger partial charge >= 0.3 is 0 Å². The standard InChI is InChI=1S/C12H18N5O3S.BrH/c1-21(2)3-6-8(18)9(19)12(20-6)17-5-16-7-10(13)14-4-15-11(7)17;/h4-6,8-9,12,18-19H,3H2,1-2H3,(H2,13,14,15);1H/q+1;/p-1/t6-,8-,9-,12-;/m1./s1. The van der Waals surface area contributed by atoms with Crippen LogP contribution in [0.25, 0.3) is 11.2 Å². The Kier molecular flexibility index (Phi) is 5.28. The summed E-state index contributed by atoms with van der Waals surface area (Å²) < 4.78 is 7.41. The first-order valence-corrected chi connectivity index (χ1v) is 8.69. The minimum absolute atomic E-state index is 0. The number of halogens is 1. The van der Waals surface area contributed by atoms with Crippen molar-refractivity contribution in [2.75, 3.05) is 24.0 Å². The molecule has 0 aromatic carbocycles. The van der Waals surface area contributed by atoms with Gasteiger partial charge in [0, 0.05) is 0 Å². The number of rotatable bonds is 3. The zero-order valence-electron chi connectivity index (χ0n) is 12.1. The number of anilines is 1. The second kappa shape index (κ2) is 6.67. The number of fused-ring (bicyclic) bond motifs is 1. The Bertz CT molecular complexity index is 655. The van der Waals surface area contributed by atoms with Gasteiger partial charge in [0.2, 0.25) is 0 Å². The predicted octanol–water partition coefficient (Wildman–Crippen LogP) is -4.09. The number of imidazole rings is 1. The number of nitrogen functional groups attached to an aromatic ring is 1. The summed E-state index contributed by atoms with van der Waals surface area (Å²) in [6.45, 7) is 0. The molecule has 3 heterocycles. The van der Waals surface area contributed by atoms with E-state index in [0.29, 0.717) is 16.9 Å². The highest BCUT2D eigenvalue weighted by Crippen LogP contribution is 2.32. The van der Waals surface area contributed by atoms with E-state index in [0.717, 1.165) is 0 Å². The van der Waals surface area contributed by atoms with E-state index in [4.69, 9.17) is 10.5 Å². The van der Waals surface area contributed by atoms with Gasteiger partial charge in [-0.1, -0.05) is 0 Å². The number of hydrogen-bond acceptors (Lipinski definition) is 7. The summed E-state index contributed by atoms with van der Waals surface area (Å²) in [6.07, 6.45) is 3.87. The van der Waals surface area contributed by atoms with Gasteiger partial charge in [0.25, 0.3) is 0 Å². The number of aliphatic hydroxyl groups is 2. The lowest BCUT2D eigenvalue weighted by Crippen LogP contribution is -3.00. The average Bonchev–Trinajstić information content (AvgIpc) is 2.96. The van der Waals surface area contributed by atoms with Crippen LogP contribution in [-0.2, 0) is 15.6 Å². The molecule has 8 nitrogen and oxygen atoms in total. The normalized spacial score (nSPS) is 28.2. The van der Waals surface area contributed by atoms with Gasteiger partial charge in [-0.2, -0.15) is 0 Å². The van der Waals surface area contributed by atoms with Crippen LogP contribution in [0.2, 0.25) is 0 Å². The number of hydrogen-bond donors (Lipinski definition) is 3. The fraction of sp³-hybridized carbons (Fsp3) is 0.583. The average molecular weight is 392 g/mol. The van der Waals surface area contributed by atoms with Gasteiger partial charge in [0.15, 0.2) is 17.7 Å². The number of aromatic nitrogens is 4. The fourth-order valence-electron chi connectivity index (χ4n) is 2.48. The van der Waals surface area contributed by atoms with Crippen LogP contribution < -0.4 is 22.7 Å². The predicted molar refractivity (Wildman–Crippen MR) is 79.7 cm³/mol. The van der Waals surface area contributed by atoms with Crippen LogP contribution >= 0.6 is 0 Å². The summed E-state index contributed by atoms with van der Waals surface area (Å²) in [5.74, 6) is 0.963. The monoisotopic (exact) mass is 391 g/mol. The van der Waals surface area contributed by atoms with E-state index in [1.165, 1.54) is 12.7 Å². The fourth-order valence-corrected chi connectivity index (χ4v) is 3.41. The maximum absolute atomic E-state index is 10.2. The SMILES string of the molecule is C[S+](C)C[C@H]1O[C@@H](n2cnc3c(N)ncnc32)[C@H](O)[C@@H]1O.[Br-]. The molecule has 4 N–H and O–H groups in total. The van der Waals surface area contributed by atoms with Crippen molar-refractivity contribution in [2.45, 2.75) is 24.5 Å². The molecule has 2 aromatic heterocycles. The molecule has 122 valence electrons. The maximum atomic E-state index is 10.2. The van der Waals surface area contributed by atoms with E-state index >= 15 is 0 Å². The molecule has 4 atom stereocenters. The van der Waals surface area contributed by atoms with Crippen LogP contribution in [0.4, 0.5) is 5.82 Å². The molecule has 22 heavy (non-hydrogen) atoms. The van der Waals surface area contributed by atoms with Crippen molar-refractivity contribution >= 4 is 27.9 Å². The summed E-state index contributed by atoms with van der Waals surface area (Å²) >= 11 is 0. The van der Waals surface area contributed by atoms with Crippen molar-refractivity contribution in [2.24, 2.45) is 0 Å². The zero-order chi connectivity index (χ0) is 15.1. The van der Waals surface area contributed by atoms with Crippen molar-refractivity contribution in [3.05, 3.63) is 12.7 Å². The van der Waals surface area contributed by atoms with Crippen molar-refractivity contribution in [3.8, 4) is 0 Å². The van der Waals surface area contributed by atoms with Gasteiger partial charge < -0.3 is 37.7 Å². The molecule has 2 aromatic rings. The molecular formula is C12H18BrN5O3S. The lowest BCUT2D eigenvalue weighted by Gasteiger charge is -2.16. The van der Waals surface area contributed by atoms with Gasteiger partial charge in [-0.3, -0.25) is 4.57 Å². The Balaban J connectivity index is 0.00000176. The Morgan fingerprint density at radius 3 is 2.68 bits per heavy atom. The van der Waals surface area contributed by atoms with E-state index < -0.39 is 24.5 Å². The van der Waals surface area contributed by atoms with Crippen LogP contribution in [0.3, 0.4) is 0 Å². The minimum Gasteiger partial charge on any atom is -1.00 e. The third-order valence-corrected chi connectivity index (χ3v) is 4.49. The van der Waals surface area contributed by atoms with Gasteiger partial charge in [-0.15, -0.1) is 0 Å². The molecule has 0 saturated carbocycles. The summed E-state index contributed by atoms with van der Waals surface area (Å²) in [4.78, 5) is 12.2. The van der Waals surface area contributed by atoms with Crippen LogP contribution in [0.1, 0.15) is 6.23 Å². The molecular weight excluding hydrogens is 374 g/mol. The molecule has 1 aliphatic rings. The molecule has 3 rings (SSSR count). The zero-order valence-corrected chi connectivity index (χ0v) is 14.5. The molecule has 10 heteroatoms. The maximum Gasteiger partial charge on any atom is 0.167 e. The summed E-state index contributed by atoms with van der Waals surface area (Å²) in [5.41, 5.74) is 6.68. The van der Waals surface area contributed by atoms with E-state index in [-0.39, 0.29) is 33.7 Å². The molecule has 0 unspecified atom stereocenters. The summed E-state index contributed by atoms with van der Waals surface area (Å²) in [5, 5.41) is 20.4. The smallest absolute Gasteiger partial charge is 0.167 e. The van der Waals surface area contributed by atoms with Crippen LogP contribution in [0.5, 0.6) is 0 Å². The largest absolute Gasteiger partial charge is 1.00 e. The Morgan fingerprint density at radius 2 is 2.00 bits per heavy atom.